The first-order valence-electron chi connectivity index (χ1n) is 18.4. The van der Waals surface area contributed by atoms with Gasteiger partial charge < -0.3 is 9.32 Å². The van der Waals surface area contributed by atoms with Crippen molar-refractivity contribution in [3.63, 3.8) is 0 Å². The fraction of sp³-hybridized carbons (Fsp3) is 0. The van der Waals surface area contributed by atoms with Crippen LogP contribution in [0.15, 0.2) is 217 Å². The molecule has 0 fully saturated rings. The van der Waals surface area contributed by atoms with Gasteiger partial charge in [0.25, 0.3) is 0 Å². The second kappa shape index (κ2) is 13.4. The van der Waals surface area contributed by atoms with E-state index in [4.69, 9.17) is 4.42 Å². The van der Waals surface area contributed by atoms with E-state index in [-0.39, 0.29) is 0 Å². The number of anilines is 3. The lowest BCUT2D eigenvalue weighted by Gasteiger charge is -2.30. The first kappa shape index (κ1) is 31.6. The fourth-order valence-corrected chi connectivity index (χ4v) is 7.92. The minimum atomic E-state index is 0.889. The van der Waals surface area contributed by atoms with Crippen LogP contribution in [-0.4, -0.2) is 0 Å². The van der Waals surface area contributed by atoms with E-state index in [1.807, 2.05) is 6.07 Å². The van der Waals surface area contributed by atoms with Gasteiger partial charge in [-0.25, -0.2) is 0 Å². The maximum Gasteiger partial charge on any atom is 0.143 e. The summed E-state index contributed by atoms with van der Waals surface area (Å²) in [5, 5.41) is 4.70. The Hall–Kier alpha value is -7.16. The Morgan fingerprint density at radius 2 is 0.852 bits per heavy atom. The van der Waals surface area contributed by atoms with Gasteiger partial charge in [0.2, 0.25) is 0 Å². The van der Waals surface area contributed by atoms with Crippen LogP contribution in [0, 0.1) is 0 Å². The van der Waals surface area contributed by atoms with Crippen LogP contribution < -0.4 is 4.90 Å². The average Bonchev–Trinajstić information content (AvgIpc) is 3.64. The quantitative estimate of drug-likeness (QED) is 0.166. The lowest BCUT2D eigenvalue weighted by atomic mass is 9.91. The molecule has 54 heavy (non-hydrogen) atoms. The predicted octanol–water partition coefficient (Wildman–Crippen LogP) is 14.9. The smallest absolute Gasteiger partial charge is 0.143 e. The van der Waals surface area contributed by atoms with Crippen molar-refractivity contribution in [1.82, 2.24) is 0 Å². The molecular formula is C52H35NO. The van der Waals surface area contributed by atoms with Crippen molar-refractivity contribution in [3.05, 3.63) is 212 Å². The second-order valence-corrected chi connectivity index (χ2v) is 13.7. The summed E-state index contributed by atoms with van der Waals surface area (Å²) in [5.74, 6) is 0. The van der Waals surface area contributed by atoms with E-state index in [0.717, 1.165) is 55.7 Å². The highest BCUT2D eigenvalue weighted by atomic mass is 16.3. The summed E-state index contributed by atoms with van der Waals surface area (Å²) >= 11 is 0. The molecule has 0 saturated heterocycles. The molecule has 0 amide bonds. The summed E-state index contributed by atoms with van der Waals surface area (Å²) in [6.07, 6.45) is 0. The minimum absolute atomic E-state index is 0.889. The Morgan fingerprint density at radius 3 is 1.63 bits per heavy atom. The summed E-state index contributed by atoms with van der Waals surface area (Å²) in [6, 6.07) is 75.9. The topological polar surface area (TPSA) is 16.4 Å². The number of fused-ring (bicyclic) bond motifs is 4. The van der Waals surface area contributed by atoms with E-state index >= 15 is 0 Å². The molecule has 0 atom stereocenters. The van der Waals surface area contributed by atoms with Crippen LogP contribution in [0.4, 0.5) is 17.1 Å². The SMILES string of the molecule is c1ccc(-c2ccc(N(c3ccccc3-c3ccccc3-c3ccc4ccccc4c3)c3ccccc3-c3cccc4c3oc3ccccc34)cc2)cc1. The molecule has 0 aliphatic rings. The van der Waals surface area contributed by atoms with Crippen molar-refractivity contribution in [2.24, 2.45) is 0 Å². The second-order valence-electron chi connectivity index (χ2n) is 13.7. The molecule has 1 aromatic heterocycles. The van der Waals surface area contributed by atoms with Gasteiger partial charge in [0.1, 0.15) is 11.2 Å². The van der Waals surface area contributed by atoms with E-state index in [1.165, 1.54) is 38.6 Å². The van der Waals surface area contributed by atoms with E-state index < -0.39 is 0 Å². The molecular weight excluding hydrogens is 655 g/mol. The Kier molecular flexibility index (Phi) is 7.85. The molecule has 2 nitrogen and oxygen atoms in total. The van der Waals surface area contributed by atoms with Gasteiger partial charge in [-0.05, 0) is 75.0 Å². The van der Waals surface area contributed by atoms with E-state index in [2.05, 4.69) is 211 Å². The number of hydrogen-bond donors (Lipinski definition) is 0. The number of para-hydroxylation sites is 4. The van der Waals surface area contributed by atoms with Crippen LogP contribution in [0.2, 0.25) is 0 Å². The van der Waals surface area contributed by atoms with Gasteiger partial charge >= 0.3 is 0 Å². The standard InChI is InChI=1S/C52H35NO/c1-2-15-36(16-3-1)38-31-33-41(34-32-38)53(50-27-12-9-22-45(50)47-24-14-25-48-46-23-10-13-28-51(46)54-52(47)48)49-26-11-8-21-44(49)43-20-7-6-19-42(43)40-30-29-37-17-4-5-18-39(37)35-40/h1-35H. The van der Waals surface area contributed by atoms with E-state index in [9.17, 15) is 0 Å². The van der Waals surface area contributed by atoms with E-state index in [1.54, 1.807) is 0 Å². The van der Waals surface area contributed by atoms with Gasteiger partial charge in [-0.2, -0.15) is 0 Å². The van der Waals surface area contributed by atoms with Crippen LogP contribution in [0.5, 0.6) is 0 Å². The summed E-state index contributed by atoms with van der Waals surface area (Å²) in [7, 11) is 0. The maximum absolute atomic E-state index is 6.62. The zero-order chi connectivity index (χ0) is 35.8. The molecule has 10 aromatic rings. The van der Waals surface area contributed by atoms with Gasteiger partial charge in [-0.3, -0.25) is 0 Å². The normalized spacial score (nSPS) is 11.3. The predicted molar refractivity (Wildman–Crippen MR) is 228 cm³/mol. The zero-order valence-corrected chi connectivity index (χ0v) is 29.6. The van der Waals surface area contributed by atoms with Crippen LogP contribution in [0.1, 0.15) is 0 Å². The van der Waals surface area contributed by atoms with Crippen LogP contribution >= 0.6 is 0 Å². The molecule has 0 aliphatic carbocycles. The monoisotopic (exact) mass is 689 g/mol. The van der Waals surface area contributed by atoms with Crippen molar-refractivity contribution >= 4 is 49.8 Å². The molecule has 9 aromatic carbocycles. The zero-order valence-electron chi connectivity index (χ0n) is 29.6. The minimum Gasteiger partial charge on any atom is -0.455 e. The Morgan fingerprint density at radius 1 is 0.315 bits per heavy atom. The maximum atomic E-state index is 6.62. The number of benzene rings is 9. The van der Waals surface area contributed by atoms with Crippen LogP contribution in [0.25, 0.3) is 77.2 Å². The third-order valence-electron chi connectivity index (χ3n) is 10.5. The van der Waals surface area contributed by atoms with Gasteiger partial charge in [-0.1, -0.05) is 176 Å². The van der Waals surface area contributed by atoms with E-state index in [0.29, 0.717) is 0 Å². The molecule has 1 heterocycles. The molecule has 0 spiro atoms. The third kappa shape index (κ3) is 5.53. The Balaban J connectivity index is 1.20. The summed E-state index contributed by atoms with van der Waals surface area (Å²) < 4.78 is 6.62. The molecule has 10 rings (SSSR count). The molecule has 254 valence electrons. The van der Waals surface area contributed by atoms with Crippen molar-refractivity contribution in [2.45, 2.75) is 0 Å². The third-order valence-corrected chi connectivity index (χ3v) is 10.5. The fourth-order valence-electron chi connectivity index (χ4n) is 7.92. The number of furan rings is 1. The highest BCUT2D eigenvalue weighted by Gasteiger charge is 2.23. The number of hydrogen-bond acceptors (Lipinski definition) is 2. The molecule has 0 saturated carbocycles. The first-order valence-corrected chi connectivity index (χ1v) is 18.4. The van der Waals surface area contributed by atoms with Crippen molar-refractivity contribution < 1.29 is 4.42 Å². The first-order chi connectivity index (χ1) is 26.8. The van der Waals surface area contributed by atoms with Crippen molar-refractivity contribution in [2.75, 3.05) is 4.90 Å². The van der Waals surface area contributed by atoms with Crippen molar-refractivity contribution in [1.29, 1.82) is 0 Å². The Bertz CT molecular complexity index is 2940. The van der Waals surface area contributed by atoms with Crippen molar-refractivity contribution in [3.8, 4) is 44.5 Å². The average molecular weight is 690 g/mol. The summed E-state index contributed by atoms with van der Waals surface area (Å²) in [6.45, 7) is 0. The number of nitrogens with zero attached hydrogens (tertiary/aromatic N) is 1. The van der Waals surface area contributed by atoms with Gasteiger partial charge in [0, 0.05) is 33.2 Å². The molecule has 0 bridgehead atoms. The molecule has 0 aliphatic heterocycles. The highest BCUT2D eigenvalue weighted by Crippen LogP contribution is 2.48. The Labute approximate surface area is 314 Å². The highest BCUT2D eigenvalue weighted by molar-refractivity contribution is 6.11. The summed E-state index contributed by atoms with van der Waals surface area (Å²) in [5.41, 5.74) is 14.2. The molecule has 0 N–H and O–H groups in total. The lowest BCUT2D eigenvalue weighted by Crippen LogP contribution is -2.12. The molecule has 2 heteroatoms. The van der Waals surface area contributed by atoms with Crippen LogP contribution in [-0.2, 0) is 0 Å². The molecule has 0 radical (unpaired) electrons. The van der Waals surface area contributed by atoms with Gasteiger partial charge in [-0.15, -0.1) is 0 Å². The van der Waals surface area contributed by atoms with Gasteiger partial charge in [0.15, 0.2) is 0 Å². The van der Waals surface area contributed by atoms with Gasteiger partial charge in [0.05, 0.1) is 11.4 Å². The number of rotatable bonds is 7. The lowest BCUT2D eigenvalue weighted by molar-refractivity contribution is 0.670. The molecule has 0 unspecified atom stereocenters. The van der Waals surface area contributed by atoms with Crippen LogP contribution in [0.3, 0.4) is 0 Å². The summed E-state index contributed by atoms with van der Waals surface area (Å²) in [4.78, 5) is 2.41. The largest absolute Gasteiger partial charge is 0.455 e.